The molecule has 1 atom stereocenters. The Hall–Kier alpha value is -1.20. The molecule has 2 aromatic rings. The fourth-order valence-electron chi connectivity index (χ4n) is 2.48. The van der Waals surface area contributed by atoms with Crippen molar-refractivity contribution in [2.24, 2.45) is 0 Å². The number of halogens is 1. The molecule has 0 spiro atoms. The number of fused-ring (bicyclic) bond motifs is 1. The minimum atomic E-state index is 0.449. The maximum absolute atomic E-state index is 4.71. The monoisotopic (exact) mass is 307 g/mol. The average molecular weight is 308 g/mol. The van der Waals surface area contributed by atoms with E-state index < -0.39 is 0 Å². The first kappa shape index (κ1) is 11.9. The van der Waals surface area contributed by atoms with E-state index in [-0.39, 0.29) is 0 Å². The Morgan fingerprint density at radius 3 is 3.22 bits per heavy atom. The second-order valence-electron chi connectivity index (χ2n) is 4.45. The number of hydrogen-bond donors (Lipinski definition) is 1. The third kappa shape index (κ3) is 2.33. The van der Waals surface area contributed by atoms with Crippen molar-refractivity contribution in [3.63, 3.8) is 0 Å². The van der Waals surface area contributed by atoms with E-state index in [9.17, 15) is 0 Å². The van der Waals surface area contributed by atoms with E-state index in [4.69, 9.17) is 4.52 Å². The van der Waals surface area contributed by atoms with Crippen LogP contribution in [0.1, 0.15) is 29.4 Å². The Bertz CT molecular complexity index is 527. The second-order valence-corrected chi connectivity index (χ2v) is 5.30. The van der Waals surface area contributed by atoms with Crippen molar-refractivity contribution in [3.8, 4) is 0 Å². The predicted molar refractivity (Wildman–Crippen MR) is 71.2 cm³/mol. The normalized spacial score (nSPS) is 17.9. The summed E-state index contributed by atoms with van der Waals surface area (Å²) in [7, 11) is 0. The Labute approximate surface area is 114 Å². The van der Waals surface area contributed by atoms with Gasteiger partial charge in [-0.2, -0.15) is 4.98 Å². The van der Waals surface area contributed by atoms with Crippen LogP contribution in [-0.4, -0.2) is 16.7 Å². The third-order valence-electron chi connectivity index (χ3n) is 3.36. The molecular formula is C13H14BrN3O. The van der Waals surface area contributed by atoms with Crippen molar-refractivity contribution in [3.05, 3.63) is 46.0 Å². The van der Waals surface area contributed by atoms with Crippen molar-refractivity contribution in [1.82, 2.24) is 15.5 Å². The Kier molecular flexibility index (Phi) is 3.43. The van der Waals surface area contributed by atoms with Gasteiger partial charge in [0.1, 0.15) is 0 Å². The largest absolute Gasteiger partial charge is 0.343 e. The zero-order valence-corrected chi connectivity index (χ0v) is 11.5. The lowest BCUT2D eigenvalue weighted by molar-refractivity contribution is 0.408. The highest BCUT2D eigenvalue weighted by Gasteiger charge is 2.23. The Morgan fingerprint density at radius 2 is 2.39 bits per heavy atom. The van der Waals surface area contributed by atoms with Crippen molar-refractivity contribution < 1.29 is 4.52 Å². The van der Waals surface area contributed by atoms with Crippen LogP contribution in [0.15, 0.2) is 33.6 Å². The average Bonchev–Trinajstić information content (AvgIpc) is 3.00. The maximum Gasteiger partial charge on any atom is 0.213 e. The molecule has 0 radical (unpaired) electrons. The number of nitrogens with zero attached hydrogens (tertiary/aromatic N) is 2. The molecule has 1 aliphatic carbocycles. The van der Waals surface area contributed by atoms with Crippen molar-refractivity contribution in [1.29, 1.82) is 0 Å². The van der Waals surface area contributed by atoms with Gasteiger partial charge in [-0.05, 0) is 30.0 Å². The molecule has 0 saturated heterocycles. The standard InChI is InChI=1S/C13H14BrN3O/c14-11-3-1-2-10-9(11)4-5-12(10)15-7-6-13-16-8-18-17-13/h1-3,8,12,15H,4-7H2. The molecule has 5 heteroatoms. The van der Waals surface area contributed by atoms with Gasteiger partial charge in [-0.25, -0.2) is 0 Å². The number of benzene rings is 1. The van der Waals surface area contributed by atoms with E-state index in [2.05, 4.69) is 49.6 Å². The zero-order valence-electron chi connectivity index (χ0n) is 9.90. The molecule has 1 aromatic heterocycles. The lowest BCUT2D eigenvalue weighted by Gasteiger charge is -2.13. The van der Waals surface area contributed by atoms with Gasteiger partial charge in [-0.1, -0.05) is 33.2 Å². The molecule has 0 bridgehead atoms. The van der Waals surface area contributed by atoms with Crippen LogP contribution in [0, 0.1) is 0 Å². The SMILES string of the molecule is Brc1cccc2c1CCC2NCCc1ncon1. The van der Waals surface area contributed by atoms with Gasteiger partial charge in [0.25, 0.3) is 0 Å². The first-order valence-corrected chi connectivity index (χ1v) is 6.90. The number of rotatable bonds is 4. The molecule has 1 aromatic carbocycles. The van der Waals surface area contributed by atoms with Crippen LogP contribution in [0.3, 0.4) is 0 Å². The molecular weight excluding hydrogens is 294 g/mol. The van der Waals surface area contributed by atoms with Gasteiger partial charge in [0.2, 0.25) is 6.39 Å². The molecule has 3 rings (SSSR count). The van der Waals surface area contributed by atoms with E-state index in [0.29, 0.717) is 6.04 Å². The van der Waals surface area contributed by atoms with Crippen LogP contribution in [-0.2, 0) is 12.8 Å². The fraction of sp³-hybridized carbons (Fsp3) is 0.385. The van der Waals surface area contributed by atoms with E-state index in [1.165, 1.54) is 22.0 Å². The van der Waals surface area contributed by atoms with Gasteiger partial charge < -0.3 is 9.84 Å². The van der Waals surface area contributed by atoms with Gasteiger partial charge in [0, 0.05) is 23.5 Å². The van der Waals surface area contributed by atoms with Crippen LogP contribution in [0.4, 0.5) is 0 Å². The fourth-order valence-corrected chi connectivity index (χ4v) is 3.06. The van der Waals surface area contributed by atoms with Gasteiger partial charge in [0.15, 0.2) is 5.82 Å². The van der Waals surface area contributed by atoms with Crippen LogP contribution in [0.5, 0.6) is 0 Å². The van der Waals surface area contributed by atoms with E-state index in [1.807, 2.05) is 0 Å². The molecule has 1 unspecified atom stereocenters. The molecule has 1 aliphatic rings. The van der Waals surface area contributed by atoms with Crippen LogP contribution >= 0.6 is 15.9 Å². The molecule has 0 saturated carbocycles. The highest BCUT2D eigenvalue weighted by molar-refractivity contribution is 9.10. The summed E-state index contributed by atoms with van der Waals surface area (Å²) in [6, 6.07) is 6.87. The van der Waals surface area contributed by atoms with E-state index in [0.717, 1.165) is 31.6 Å². The highest BCUT2D eigenvalue weighted by atomic mass is 79.9. The molecule has 1 heterocycles. The van der Waals surface area contributed by atoms with Gasteiger partial charge in [0.05, 0.1) is 0 Å². The van der Waals surface area contributed by atoms with Gasteiger partial charge >= 0.3 is 0 Å². The quantitative estimate of drug-likeness (QED) is 0.943. The number of hydrogen-bond acceptors (Lipinski definition) is 4. The van der Waals surface area contributed by atoms with E-state index >= 15 is 0 Å². The molecule has 4 nitrogen and oxygen atoms in total. The topological polar surface area (TPSA) is 51.0 Å². The second kappa shape index (κ2) is 5.20. The first-order chi connectivity index (χ1) is 8.84. The molecule has 0 fully saturated rings. The Balaban J connectivity index is 1.61. The van der Waals surface area contributed by atoms with Crippen LogP contribution in [0.25, 0.3) is 0 Å². The molecule has 0 aliphatic heterocycles. The zero-order chi connectivity index (χ0) is 12.4. The minimum Gasteiger partial charge on any atom is -0.343 e. The third-order valence-corrected chi connectivity index (χ3v) is 4.10. The van der Waals surface area contributed by atoms with Gasteiger partial charge in [-0.15, -0.1) is 0 Å². The van der Waals surface area contributed by atoms with Crippen LogP contribution < -0.4 is 5.32 Å². The lowest BCUT2D eigenvalue weighted by atomic mass is 10.1. The smallest absolute Gasteiger partial charge is 0.213 e. The molecule has 0 amide bonds. The molecule has 94 valence electrons. The van der Waals surface area contributed by atoms with Gasteiger partial charge in [-0.3, -0.25) is 0 Å². The summed E-state index contributed by atoms with van der Waals surface area (Å²) in [4.78, 5) is 4.01. The van der Waals surface area contributed by atoms with Crippen molar-refractivity contribution in [2.75, 3.05) is 6.54 Å². The summed E-state index contributed by atoms with van der Waals surface area (Å²) in [5, 5.41) is 7.37. The predicted octanol–water partition coefficient (Wildman–Crippen LogP) is 2.65. The number of nitrogens with one attached hydrogen (secondary N) is 1. The van der Waals surface area contributed by atoms with Crippen molar-refractivity contribution in [2.45, 2.75) is 25.3 Å². The summed E-state index contributed by atoms with van der Waals surface area (Å²) in [5.41, 5.74) is 2.85. The van der Waals surface area contributed by atoms with Crippen molar-refractivity contribution >= 4 is 15.9 Å². The summed E-state index contributed by atoms with van der Waals surface area (Å²) in [5.74, 6) is 0.759. The lowest BCUT2D eigenvalue weighted by Crippen LogP contribution is -2.22. The molecule has 18 heavy (non-hydrogen) atoms. The minimum absolute atomic E-state index is 0.449. The summed E-state index contributed by atoms with van der Waals surface area (Å²) in [6.07, 6.45) is 4.47. The first-order valence-electron chi connectivity index (χ1n) is 6.10. The summed E-state index contributed by atoms with van der Waals surface area (Å²) >= 11 is 3.61. The van der Waals surface area contributed by atoms with E-state index in [1.54, 1.807) is 0 Å². The number of aromatic nitrogens is 2. The summed E-state index contributed by atoms with van der Waals surface area (Å²) in [6.45, 7) is 0.871. The summed E-state index contributed by atoms with van der Waals surface area (Å²) < 4.78 is 5.94. The highest BCUT2D eigenvalue weighted by Crippen LogP contribution is 2.35. The molecule has 1 N–H and O–H groups in total. The Morgan fingerprint density at radius 1 is 1.44 bits per heavy atom. The van der Waals surface area contributed by atoms with Crippen LogP contribution in [0.2, 0.25) is 0 Å². The maximum atomic E-state index is 4.71.